The van der Waals surface area contributed by atoms with Gasteiger partial charge in [-0.15, -0.1) is 5.10 Å². The molecule has 2 rings (SSSR count). The molecular weight excluding hydrogens is 212 g/mol. The Balaban J connectivity index is 2.23. The number of rotatable bonds is 4. The molecular formula is C10H14N2O2S. The van der Waals surface area contributed by atoms with Gasteiger partial charge in [0.1, 0.15) is 0 Å². The first kappa shape index (κ1) is 10.5. The topological polar surface area (TPSA) is 44.1 Å². The normalized spacial score (nSPS) is 17.5. The highest BCUT2D eigenvalue weighted by Crippen LogP contribution is 2.47. The van der Waals surface area contributed by atoms with Crippen molar-refractivity contribution in [3.8, 4) is 5.88 Å². The molecule has 0 saturated heterocycles. The lowest BCUT2D eigenvalue weighted by Crippen LogP contribution is -2.27. The number of hydrogen-bond donors (Lipinski definition) is 1. The van der Waals surface area contributed by atoms with Crippen LogP contribution < -0.4 is 10.3 Å². The predicted octanol–water partition coefficient (Wildman–Crippen LogP) is 0.962. The van der Waals surface area contributed by atoms with Crippen molar-refractivity contribution in [2.45, 2.75) is 19.4 Å². The van der Waals surface area contributed by atoms with Crippen LogP contribution >= 0.6 is 12.6 Å². The summed E-state index contributed by atoms with van der Waals surface area (Å²) in [6, 6.07) is 3.07. The predicted molar refractivity (Wildman–Crippen MR) is 60.6 cm³/mol. The lowest BCUT2D eigenvalue weighted by molar-refractivity contribution is 0.356. The standard InChI is InChI=1S/C10H14N2O2S/c1-14-8-2-3-9(13)12(11-8)6-10(7-15)4-5-10/h2-3,15H,4-7H2,1H3. The molecule has 0 aromatic carbocycles. The van der Waals surface area contributed by atoms with Gasteiger partial charge in [0, 0.05) is 12.1 Å². The average Bonchev–Trinajstić information content (AvgIpc) is 3.02. The molecule has 1 heterocycles. The van der Waals surface area contributed by atoms with Crippen LogP contribution in [0.15, 0.2) is 16.9 Å². The third-order valence-corrected chi connectivity index (χ3v) is 3.50. The van der Waals surface area contributed by atoms with E-state index in [-0.39, 0.29) is 11.0 Å². The Morgan fingerprint density at radius 3 is 2.87 bits per heavy atom. The van der Waals surface area contributed by atoms with Crippen molar-refractivity contribution in [3.63, 3.8) is 0 Å². The molecule has 15 heavy (non-hydrogen) atoms. The molecule has 0 bridgehead atoms. The zero-order chi connectivity index (χ0) is 10.9. The van der Waals surface area contributed by atoms with Crippen LogP contribution in [0.1, 0.15) is 12.8 Å². The van der Waals surface area contributed by atoms with Crippen LogP contribution in [0.3, 0.4) is 0 Å². The molecule has 0 N–H and O–H groups in total. The minimum Gasteiger partial charge on any atom is -0.480 e. The minimum atomic E-state index is -0.0798. The first-order valence-electron chi connectivity index (χ1n) is 4.92. The molecule has 0 atom stereocenters. The fourth-order valence-corrected chi connectivity index (χ4v) is 1.93. The van der Waals surface area contributed by atoms with Gasteiger partial charge in [-0.2, -0.15) is 12.6 Å². The third kappa shape index (κ3) is 2.17. The van der Waals surface area contributed by atoms with Crippen molar-refractivity contribution in [1.82, 2.24) is 9.78 Å². The monoisotopic (exact) mass is 226 g/mol. The van der Waals surface area contributed by atoms with Gasteiger partial charge in [0.15, 0.2) is 0 Å². The van der Waals surface area contributed by atoms with Crippen molar-refractivity contribution < 1.29 is 4.74 Å². The number of thiol groups is 1. The van der Waals surface area contributed by atoms with Gasteiger partial charge >= 0.3 is 0 Å². The molecule has 0 amide bonds. The number of hydrogen-bond acceptors (Lipinski definition) is 4. The maximum atomic E-state index is 11.5. The molecule has 5 heteroatoms. The van der Waals surface area contributed by atoms with Gasteiger partial charge in [-0.1, -0.05) is 0 Å². The highest BCUT2D eigenvalue weighted by molar-refractivity contribution is 7.80. The van der Waals surface area contributed by atoms with Crippen LogP contribution in [0.5, 0.6) is 5.88 Å². The van der Waals surface area contributed by atoms with Crippen LogP contribution in [0, 0.1) is 5.41 Å². The lowest BCUT2D eigenvalue weighted by Gasteiger charge is -2.13. The SMILES string of the molecule is COc1ccc(=O)n(CC2(CS)CC2)n1. The quantitative estimate of drug-likeness (QED) is 0.778. The number of nitrogens with zero attached hydrogens (tertiary/aromatic N) is 2. The number of aromatic nitrogens is 2. The summed E-state index contributed by atoms with van der Waals surface area (Å²) in [6.07, 6.45) is 2.25. The molecule has 1 aliphatic carbocycles. The lowest BCUT2D eigenvalue weighted by atomic mass is 10.1. The molecule has 0 aliphatic heterocycles. The second-order valence-electron chi connectivity index (χ2n) is 4.03. The zero-order valence-corrected chi connectivity index (χ0v) is 9.54. The second kappa shape index (κ2) is 3.89. The van der Waals surface area contributed by atoms with Gasteiger partial charge in [0.25, 0.3) is 5.56 Å². The van der Waals surface area contributed by atoms with E-state index in [1.807, 2.05) is 0 Å². The Kier molecular flexibility index (Phi) is 2.73. The van der Waals surface area contributed by atoms with E-state index in [1.54, 1.807) is 13.2 Å². The average molecular weight is 226 g/mol. The van der Waals surface area contributed by atoms with Crippen molar-refractivity contribution in [1.29, 1.82) is 0 Å². The first-order chi connectivity index (χ1) is 7.19. The Labute approximate surface area is 93.7 Å². The maximum Gasteiger partial charge on any atom is 0.266 e. The second-order valence-corrected chi connectivity index (χ2v) is 4.35. The smallest absolute Gasteiger partial charge is 0.266 e. The summed E-state index contributed by atoms with van der Waals surface area (Å²) < 4.78 is 6.46. The van der Waals surface area contributed by atoms with Crippen molar-refractivity contribution in [2.24, 2.45) is 5.41 Å². The van der Waals surface area contributed by atoms with Crippen LogP contribution in [0.4, 0.5) is 0 Å². The first-order valence-corrected chi connectivity index (χ1v) is 5.55. The molecule has 4 nitrogen and oxygen atoms in total. The van der Waals surface area contributed by atoms with E-state index in [1.165, 1.54) is 10.7 Å². The Bertz CT molecular complexity index is 412. The molecule has 1 aromatic heterocycles. The van der Waals surface area contributed by atoms with E-state index in [9.17, 15) is 4.79 Å². The molecule has 1 aliphatic rings. The van der Waals surface area contributed by atoms with E-state index in [0.29, 0.717) is 12.4 Å². The summed E-state index contributed by atoms with van der Waals surface area (Å²) in [4.78, 5) is 11.5. The summed E-state index contributed by atoms with van der Waals surface area (Å²) in [6.45, 7) is 0.645. The summed E-state index contributed by atoms with van der Waals surface area (Å²) in [5.41, 5.74) is 0.107. The summed E-state index contributed by atoms with van der Waals surface area (Å²) in [5.74, 6) is 1.28. The van der Waals surface area contributed by atoms with Crippen LogP contribution in [-0.2, 0) is 6.54 Å². The number of methoxy groups -OCH3 is 1. The van der Waals surface area contributed by atoms with Gasteiger partial charge < -0.3 is 4.74 Å². The Morgan fingerprint density at radius 2 is 2.33 bits per heavy atom. The van der Waals surface area contributed by atoms with E-state index in [4.69, 9.17) is 4.74 Å². The molecule has 1 saturated carbocycles. The molecule has 0 unspecified atom stereocenters. The summed E-state index contributed by atoms with van der Waals surface area (Å²) in [5, 5.41) is 4.11. The van der Waals surface area contributed by atoms with Gasteiger partial charge in [0.2, 0.25) is 5.88 Å². The Morgan fingerprint density at radius 1 is 1.60 bits per heavy atom. The number of ether oxygens (including phenoxy) is 1. The van der Waals surface area contributed by atoms with Gasteiger partial charge in [-0.05, 0) is 24.0 Å². The maximum absolute atomic E-state index is 11.5. The minimum absolute atomic E-state index is 0.0798. The molecule has 82 valence electrons. The van der Waals surface area contributed by atoms with Crippen LogP contribution in [0.2, 0.25) is 0 Å². The van der Waals surface area contributed by atoms with E-state index in [2.05, 4.69) is 17.7 Å². The van der Waals surface area contributed by atoms with Crippen LogP contribution in [-0.4, -0.2) is 22.6 Å². The molecule has 0 spiro atoms. The highest BCUT2D eigenvalue weighted by Gasteiger charge is 2.42. The van der Waals surface area contributed by atoms with Gasteiger partial charge in [-0.25, -0.2) is 4.68 Å². The summed E-state index contributed by atoms with van der Waals surface area (Å²) in [7, 11) is 1.54. The zero-order valence-electron chi connectivity index (χ0n) is 8.64. The van der Waals surface area contributed by atoms with E-state index in [0.717, 1.165) is 18.6 Å². The Hall–Kier alpha value is -0.970. The van der Waals surface area contributed by atoms with Crippen LogP contribution in [0.25, 0.3) is 0 Å². The third-order valence-electron chi connectivity index (χ3n) is 2.83. The van der Waals surface area contributed by atoms with Gasteiger partial charge in [0.05, 0.1) is 13.7 Å². The molecule has 1 aromatic rings. The fraction of sp³-hybridized carbons (Fsp3) is 0.600. The van der Waals surface area contributed by atoms with E-state index < -0.39 is 0 Å². The van der Waals surface area contributed by atoms with Crippen molar-refractivity contribution >= 4 is 12.6 Å². The molecule has 1 fully saturated rings. The van der Waals surface area contributed by atoms with Crippen molar-refractivity contribution in [3.05, 3.63) is 22.5 Å². The highest BCUT2D eigenvalue weighted by atomic mass is 32.1. The summed E-state index contributed by atoms with van der Waals surface area (Å²) >= 11 is 4.30. The fourth-order valence-electron chi connectivity index (χ4n) is 1.51. The van der Waals surface area contributed by atoms with E-state index >= 15 is 0 Å². The van der Waals surface area contributed by atoms with Gasteiger partial charge in [-0.3, -0.25) is 4.79 Å². The van der Waals surface area contributed by atoms with Crippen molar-refractivity contribution in [2.75, 3.05) is 12.9 Å². The molecule has 0 radical (unpaired) electrons. The largest absolute Gasteiger partial charge is 0.480 e.